The third-order valence-corrected chi connectivity index (χ3v) is 3.14. The van der Waals surface area contributed by atoms with Crippen molar-refractivity contribution in [1.29, 1.82) is 0 Å². The molecule has 0 radical (unpaired) electrons. The summed E-state index contributed by atoms with van der Waals surface area (Å²) in [6, 6.07) is 6.72. The van der Waals surface area contributed by atoms with E-state index in [1.165, 1.54) is 0 Å². The summed E-state index contributed by atoms with van der Waals surface area (Å²) < 4.78 is 0. The number of carbonyl (C=O) groups is 1. The van der Waals surface area contributed by atoms with Crippen molar-refractivity contribution in [3.63, 3.8) is 0 Å². The Balaban J connectivity index is 2.21. The number of nitrogens with two attached hydrogens (primary N) is 1. The minimum Gasteiger partial charge on any atom is -0.322 e. The maximum Gasteiger partial charge on any atom is 0.255 e. The van der Waals surface area contributed by atoms with Gasteiger partial charge in [0.1, 0.15) is 0 Å². The molecule has 0 saturated carbocycles. The van der Waals surface area contributed by atoms with Crippen LogP contribution in [0.3, 0.4) is 0 Å². The molecule has 1 amide bonds. The van der Waals surface area contributed by atoms with E-state index in [0.717, 1.165) is 11.3 Å². The van der Waals surface area contributed by atoms with Crippen LogP contribution in [0.1, 0.15) is 21.5 Å². The topological polar surface area (TPSA) is 68.0 Å². The van der Waals surface area contributed by atoms with E-state index < -0.39 is 0 Å². The van der Waals surface area contributed by atoms with Gasteiger partial charge in [-0.05, 0) is 36.8 Å². The first kappa shape index (κ1) is 15.0. The van der Waals surface area contributed by atoms with Crippen LogP contribution < -0.4 is 11.1 Å². The molecular formula is C16H14ClN3O. The molecule has 1 aromatic heterocycles. The van der Waals surface area contributed by atoms with Crippen molar-refractivity contribution in [1.82, 2.24) is 4.98 Å². The lowest BCUT2D eigenvalue weighted by molar-refractivity contribution is 0.102. The number of benzene rings is 1. The second kappa shape index (κ2) is 6.89. The predicted octanol–water partition coefficient (Wildman–Crippen LogP) is 2.61. The van der Waals surface area contributed by atoms with E-state index in [9.17, 15) is 4.79 Å². The quantitative estimate of drug-likeness (QED) is 0.838. The molecular weight excluding hydrogens is 286 g/mol. The molecule has 21 heavy (non-hydrogen) atoms. The monoisotopic (exact) mass is 299 g/mol. The SMILES string of the molecule is Cc1cnccc1NC(=O)c1ccc(C#CCN)c(Cl)c1. The van der Waals surface area contributed by atoms with Crippen LogP contribution in [-0.4, -0.2) is 17.4 Å². The number of pyridine rings is 1. The largest absolute Gasteiger partial charge is 0.322 e. The Hall–Kier alpha value is -2.35. The van der Waals surface area contributed by atoms with Crippen molar-refractivity contribution in [2.24, 2.45) is 5.73 Å². The van der Waals surface area contributed by atoms with E-state index in [1.54, 1.807) is 36.7 Å². The number of aromatic nitrogens is 1. The van der Waals surface area contributed by atoms with Crippen LogP contribution >= 0.6 is 11.6 Å². The van der Waals surface area contributed by atoms with E-state index >= 15 is 0 Å². The molecule has 0 aliphatic carbocycles. The summed E-state index contributed by atoms with van der Waals surface area (Å²) >= 11 is 6.11. The molecule has 0 aliphatic rings. The van der Waals surface area contributed by atoms with Crippen LogP contribution in [0.4, 0.5) is 5.69 Å². The predicted molar refractivity (Wildman–Crippen MR) is 84.3 cm³/mol. The smallest absolute Gasteiger partial charge is 0.255 e. The number of halogens is 1. The lowest BCUT2D eigenvalue weighted by atomic mass is 10.1. The van der Waals surface area contributed by atoms with Gasteiger partial charge in [0, 0.05) is 29.2 Å². The van der Waals surface area contributed by atoms with Crippen molar-refractivity contribution in [3.8, 4) is 11.8 Å². The van der Waals surface area contributed by atoms with Crippen LogP contribution in [0, 0.1) is 18.8 Å². The van der Waals surface area contributed by atoms with E-state index in [0.29, 0.717) is 16.1 Å². The molecule has 2 rings (SSSR count). The molecule has 5 heteroatoms. The van der Waals surface area contributed by atoms with Crippen LogP contribution in [0.5, 0.6) is 0 Å². The summed E-state index contributed by atoms with van der Waals surface area (Å²) in [7, 11) is 0. The molecule has 0 atom stereocenters. The zero-order chi connectivity index (χ0) is 15.2. The lowest BCUT2D eigenvalue weighted by Crippen LogP contribution is -2.13. The fourth-order valence-electron chi connectivity index (χ4n) is 1.71. The molecule has 0 spiro atoms. The lowest BCUT2D eigenvalue weighted by Gasteiger charge is -2.08. The Morgan fingerprint density at radius 1 is 1.43 bits per heavy atom. The Labute approximate surface area is 128 Å². The molecule has 1 aromatic carbocycles. The maximum absolute atomic E-state index is 12.2. The maximum atomic E-state index is 12.2. The highest BCUT2D eigenvalue weighted by atomic mass is 35.5. The van der Waals surface area contributed by atoms with Gasteiger partial charge < -0.3 is 11.1 Å². The molecule has 0 fully saturated rings. The Kier molecular flexibility index (Phi) is 4.94. The van der Waals surface area contributed by atoms with Gasteiger partial charge in [0.2, 0.25) is 0 Å². The summed E-state index contributed by atoms with van der Waals surface area (Å²) in [6.07, 6.45) is 3.31. The van der Waals surface area contributed by atoms with Crippen molar-refractivity contribution >= 4 is 23.2 Å². The van der Waals surface area contributed by atoms with E-state index in [4.69, 9.17) is 17.3 Å². The molecule has 2 aromatic rings. The standard InChI is InChI=1S/C16H14ClN3O/c1-11-10-19-8-6-15(11)20-16(21)13-5-4-12(3-2-7-18)14(17)9-13/h4-6,8-10H,7,18H2,1H3,(H,19,20,21). The van der Waals surface area contributed by atoms with Crippen LogP contribution in [-0.2, 0) is 0 Å². The third-order valence-electron chi connectivity index (χ3n) is 2.82. The number of nitrogens with one attached hydrogen (secondary N) is 1. The summed E-state index contributed by atoms with van der Waals surface area (Å²) in [4.78, 5) is 16.2. The van der Waals surface area contributed by atoms with Gasteiger partial charge in [-0.25, -0.2) is 0 Å². The van der Waals surface area contributed by atoms with Gasteiger partial charge in [-0.1, -0.05) is 23.4 Å². The minimum atomic E-state index is -0.232. The average Bonchev–Trinajstić information content (AvgIpc) is 2.48. The fourth-order valence-corrected chi connectivity index (χ4v) is 1.94. The summed E-state index contributed by atoms with van der Waals surface area (Å²) in [5.74, 6) is 5.35. The summed E-state index contributed by atoms with van der Waals surface area (Å²) in [5.41, 5.74) is 8.05. The zero-order valence-electron chi connectivity index (χ0n) is 11.5. The van der Waals surface area contributed by atoms with Gasteiger partial charge in [0.05, 0.1) is 11.6 Å². The van der Waals surface area contributed by atoms with Crippen molar-refractivity contribution in [2.75, 3.05) is 11.9 Å². The van der Waals surface area contributed by atoms with Gasteiger partial charge in [-0.2, -0.15) is 0 Å². The first-order valence-electron chi connectivity index (χ1n) is 6.32. The fraction of sp³-hybridized carbons (Fsp3) is 0.125. The Morgan fingerprint density at radius 2 is 2.24 bits per heavy atom. The number of rotatable bonds is 2. The Morgan fingerprint density at radius 3 is 2.90 bits per heavy atom. The average molecular weight is 300 g/mol. The number of carbonyl (C=O) groups excluding carboxylic acids is 1. The van der Waals surface area contributed by atoms with E-state index in [-0.39, 0.29) is 12.5 Å². The molecule has 0 saturated heterocycles. The second-order valence-corrected chi connectivity index (χ2v) is 4.75. The molecule has 0 bridgehead atoms. The Bertz CT molecular complexity index is 732. The van der Waals surface area contributed by atoms with Crippen LogP contribution in [0.15, 0.2) is 36.7 Å². The summed E-state index contributed by atoms with van der Waals surface area (Å²) in [5, 5.41) is 3.25. The van der Waals surface area contributed by atoms with E-state index in [2.05, 4.69) is 22.1 Å². The number of hydrogen-bond donors (Lipinski definition) is 2. The third kappa shape index (κ3) is 3.82. The number of nitrogens with zero attached hydrogens (tertiary/aromatic N) is 1. The second-order valence-electron chi connectivity index (χ2n) is 4.35. The first-order chi connectivity index (χ1) is 10.1. The first-order valence-corrected chi connectivity index (χ1v) is 6.70. The minimum absolute atomic E-state index is 0.232. The zero-order valence-corrected chi connectivity index (χ0v) is 12.2. The van der Waals surface area contributed by atoms with Crippen molar-refractivity contribution in [3.05, 3.63) is 58.4 Å². The highest BCUT2D eigenvalue weighted by Gasteiger charge is 2.09. The molecule has 3 N–H and O–H groups in total. The molecule has 106 valence electrons. The highest BCUT2D eigenvalue weighted by molar-refractivity contribution is 6.32. The van der Waals surface area contributed by atoms with Crippen molar-refractivity contribution in [2.45, 2.75) is 6.92 Å². The van der Waals surface area contributed by atoms with Gasteiger partial charge >= 0.3 is 0 Å². The molecule has 1 heterocycles. The number of amides is 1. The van der Waals surface area contributed by atoms with Gasteiger partial charge in [0.25, 0.3) is 5.91 Å². The van der Waals surface area contributed by atoms with Gasteiger partial charge in [0.15, 0.2) is 0 Å². The highest BCUT2D eigenvalue weighted by Crippen LogP contribution is 2.19. The number of aryl methyl sites for hydroxylation is 1. The molecule has 0 unspecified atom stereocenters. The van der Waals surface area contributed by atoms with Gasteiger partial charge in [-0.3, -0.25) is 9.78 Å². The molecule has 0 aliphatic heterocycles. The number of hydrogen-bond acceptors (Lipinski definition) is 3. The molecule has 4 nitrogen and oxygen atoms in total. The van der Waals surface area contributed by atoms with Crippen LogP contribution in [0.2, 0.25) is 5.02 Å². The van der Waals surface area contributed by atoms with Gasteiger partial charge in [-0.15, -0.1) is 0 Å². The summed E-state index contributed by atoms with van der Waals surface area (Å²) in [6.45, 7) is 2.14. The van der Waals surface area contributed by atoms with Crippen LogP contribution in [0.25, 0.3) is 0 Å². The van der Waals surface area contributed by atoms with E-state index in [1.807, 2.05) is 6.92 Å². The normalized spacial score (nSPS) is 9.67. The number of anilines is 1. The van der Waals surface area contributed by atoms with Crippen molar-refractivity contribution < 1.29 is 4.79 Å².